The third-order valence-corrected chi connectivity index (χ3v) is 3.88. The fraction of sp³-hybridized carbons (Fsp3) is 0.700. The van der Waals surface area contributed by atoms with Gasteiger partial charge in [0, 0.05) is 17.1 Å². The van der Waals surface area contributed by atoms with Crippen LogP contribution in [0.25, 0.3) is 0 Å². The van der Waals surface area contributed by atoms with Gasteiger partial charge in [0.2, 0.25) is 0 Å². The predicted molar refractivity (Wildman–Crippen MR) is 51.5 cm³/mol. The Hall–Kier alpha value is -0.410. The minimum atomic E-state index is -0.507. The lowest BCUT2D eigenvalue weighted by atomic mass is 9.86. The maximum atomic E-state index is 10.6. The van der Waals surface area contributed by atoms with E-state index in [-0.39, 0.29) is 0 Å². The molecule has 0 saturated heterocycles. The number of rotatable bonds is 3. The molecule has 13 heavy (non-hydrogen) atoms. The molecule has 1 heterocycles. The van der Waals surface area contributed by atoms with Crippen LogP contribution in [-0.4, -0.2) is 9.48 Å². The highest BCUT2D eigenvalue weighted by atomic mass is 32.1. The SMILES string of the molecule is OC(c1cnsc1)(C1CC1)C1CC1. The molecule has 2 nitrogen and oxygen atoms in total. The van der Waals surface area contributed by atoms with Crippen LogP contribution in [0.2, 0.25) is 0 Å². The van der Waals surface area contributed by atoms with E-state index in [4.69, 9.17) is 0 Å². The zero-order chi connectivity index (χ0) is 8.89. The van der Waals surface area contributed by atoms with Gasteiger partial charge in [-0.05, 0) is 49.1 Å². The number of nitrogens with zero attached hydrogens (tertiary/aromatic N) is 1. The van der Waals surface area contributed by atoms with Crippen LogP contribution in [-0.2, 0) is 5.60 Å². The largest absolute Gasteiger partial charge is 0.384 e. The van der Waals surface area contributed by atoms with E-state index in [2.05, 4.69) is 4.37 Å². The summed E-state index contributed by atoms with van der Waals surface area (Å²) < 4.78 is 4.09. The molecular formula is C10H13NOS. The van der Waals surface area contributed by atoms with Crippen LogP contribution >= 0.6 is 11.5 Å². The molecule has 2 aliphatic rings. The minimum absolute atomic E-state index is 0.507. The lowest BCUT2D eigenvalue weighted by molar-refractivity contribution is -0.00998. The lowest BCUT2D eigenvalue weighted by Crippen LogP contribution is -2.30. The second-order valence-corrected chi connectivity index (χ2v) is 4.94. The van der Waals surface area contributed by atoms with Crippen molar-refractivity contribution in [2.45, 2.75) is 31.3 Å². The molecule has 0 radical (unpaired) electrons. The highest BCUT2D eigenvalue weighted by Gasteiger charge is 2.54. The van der Waals surface area contributed by atoms with Gasteiger partial charge in [-0.2, -0.15) is 0 Å². The Morgan fingerprint density at radius 3 is 2.31 bits per heavy atom. The molecular weight excluding hydrogens is 182 g/mol. The van der Waals surface area contributed by atoms with Gasteiger partial charge >= 0.3 is 0 Å². The van der Waals surface area contributed by atoms with E-state index in [1.165, 1.54) is 37.2 Å². The first-order valence-corrected chi connectivity index (χ1v) is 5.77. The maximum absolute atomic E-state index is 10.6. The molecule has 0 unspecified atom stereocenters. The fourth-order valence-electron chi connectivity index (χ4n) is 2.25. The summed E-state index contributed by atoms with van der Waals surface area (Å²) in [6, 6.07) is 0. The van der Waals surface area contributed by atoms with Crippen molar-refractivity contribution in [1.29, 1.82) is 0 Å². The van der Waals surface area contributed by atoms with E-state index in [9.17, 15) is 5.11 Å². The van der Waals surface area contributed by atoms with Crippen LogP contribution in [0.15, 0.2) is 11.6 Å². The van der Waals surface area contributed by atoms with E-state index >= 15 is 0 Å². The topological polar surface area (TPSA) is 33.1 Å². The molecule has 0 amide bonds. The third kappa shape index (κ3) is 1.14. The molecule has 0 bridgehead atoms. The molecule has 0 aliphatic heterocycles. The van der Waals surface area contributed by atoms with Gasteiger partial charge in [-0.3, -0.25) is 0 Å². The lowest BCUT2D eigenvalue weighted by Gasteiger charge is -2.26. The van der Waals surface area contributed by atoms with Gasteiger partial charge in [0.15, 0.2) is 0 Å². The average Bonchev–Trinajstić information content (AvgIpc) is 3.01. The summed E-state index contributed by atoms with van der Waals surface area (Å²) in [6.07, 6.45) is 6.64. The summed E-state index contributed by atoms with van der Waals surface area (Å²) in [4.78, 5) is 0. The van der Waals surface area contributed by atoms with Crippen molar-refractivity contribution < 1.29 is 5.11 Å². The zero-order valence-electron chi connectivity index (χ0n) is 7.44. The molecule has 0 spiro atoms. The van der Waals surface area contributed by atoms with Crippen LogP contribution < -0.4 is 0 Å². The maximum Gasteiger partial charge on any atom is 0.0976 e. The van der Waals surface area contributed by atoms with Gasteiger partial charge in [-0.15, -0.1) is 0 Å². The number of hydrogen-bond donors (Lipinski definition) is 1. The van der Waals surface area contributed by atoms with Gasteiger partial charge < -0.3 is 5.11 Å². The highest BCUT2D eigenvalue weighted by molar-refractivity contribution is 7.03. The summed E-state index contributed by atoms with van der Waals surface area (Å²) in [5.74, 6) is 1.05. The van der Waals surface area contributed by atoms with E-state index in [1.807, 2.05) is 11.6 Å². The van der Waals surface area contributed by atoms with Crippen LogP contribution in [0.3, 0.4) is 0 Å². The van der Waals surface area contributed by atoms with Crippen LogP contribution in [0.1, 0.15) is 31.2 Å². The molecule has 1 aromatic heterocycles. The van der Waals surface area contributed by atoms with Crippen molar-refractivity contribution in [3.05, 3.63) is 17.1 Å². The van der Waals surface area contributed by atoms with Gasteiger partial charge in [-0.25, -0.2) is 4.37 Å². The molecule has 2 fully saturated rings. The molecule has 3 rings (SSSR count). The van der Waals surface area contributed by atoms with Crippen molar-refractivity contribution in [2.75, 3.05) is 0 Å². The summed E-state index contributed by atoms with van der Waals surface area (Å²) in [7, 11) is 0. The van der Waals surface area contributed by atoms with Crippen molar-refractivity contribution in [1.82, 2.24) is 4.37 Å². The Kier molecular flexibility index (Phi) is 1.56. The number of aliphatic hydroxyl groups is 1. The Morgan fingerprint density at radius 1 is 1.31 bits per heavy atom. The van der Waals surface area contributed by atoms with Gasteiger partial charge in [0.05, 0.1) is 5.60 Å². The van der Waals surface area contributed by atoms with Crippen LogP contribution in [0.5, 0.6) is 0 Å². The standard InChI is InChI=1S/C10H13NOS/c12-10(7-1-2-7,8-3-4-8)9-5-11-13-6-9/h5-8,12H,1-4H2. The van der Waals surface area contributed by atoms with Gasteiger partial charge in [-0.1, -0.05) is 0 Å². The van der Waals surface area contributed by atoms with Crippen LogP contribution in [0.4, 0.5) is 0 Å². The van der Waals surface area contributed by atoms with Crippen molar-refractivity contribution in [3.8, 4) is 0 Å². The molecule has 2 saturated carbocycles. The molecule has 3 heteroatoms. The van der Waals surface area contributed by atoms with E-state index in [0.29, 0.717) is 11.8 Å². The van der Waals surface area contributed by atoms with Gasteiger partial charge in [0.25, 0.3) is 0 Å². The van der Waals surface area contributed by atoms with E-state index < -0.39 is 5.60 Å². The molecule has 1 N–H and O–H groups in total. The third-order valence-electron chi connectivity index (χ3n) is 3.29. The van der Waals surface area contributed by atoms with E-state index in [0.717, 1.165) is 5.56 Å². The minimum Gasteiger partial charge on any atom is -0.384 e. The second kappa shape index (κ2) is 2.55. The molecule has 2 aliphatic carbocycles. The first kappa shape index (κ1) is 7.94. The van der Waals surface area contributed by atoms with Crippen LogP contribution in [0, 0.1) is 11.8 Å². The Bertz CT molecular complexity index is 289. The Labute approximate surface area is 81.8 Å². The summed E-state index contributed by atoms with van der Waals surface area (Å²) >= 11 is 1.45. The Balaban J connectivity index is 1.97. The molecule has 1 aromatic rings. The zero-order valence-corrected chi connectivity index (χ0v) is 8.26. The average molecular weight is 195 g/mol. The van der Waals surface area contributed by atoms with Crippen molar-refractivity contribution in [3.63, 3.8) is 0 Å². The first-order chi connectivity index (χ1) is 6.32. The monoisotopic (exact) mass is 195 g/mol. The smallest absolute Gasteiger partial charge is 0.0976 e. The Morgan fingerprint density at radius 2 is 1.92 bits per heavy atom. The van der Waals surface area contributed by atoms with Gasteiger partial charge in [0.1, 0.15) is 0 Å². The number of hydrogen-bond acceptors (Lipinski definition) is 3. The van der Waals surface area contributed by atoms with Crippen molar-refractivity contribution >= 4 is 11.5 Å². The highest BCUT2D eigenvalue weighted by Crippen LogP contribution is 2.57. The molecule has 0 aromatic carbocycles. The van der Waals surface area contributed by atoms with Crippen molar-refractivity contribution in [2.24, 2.45) is 11.8 Å². The van der Waals surface area contributed by atoms with E-state index in [1.54, 1.807) is 0 Å². The summed E-state index contributed by atoms with van der Waals surface area (Å²) in [5.41, 5.74) is 0.565. The quantitative estimate of drug-likeness (QED) is 0.801. The predicted octanol–water partition coefficient (Wildman–Crippen LogP) is 2.15. The molecule has 0 atom stereocenters. The summed E-state index contributed by atoms with van der Waals surface area (Å²) in [6.45, 7) is 0. The number of aromatic nitrogens is 1. The normalized spacial score (nSPS) is 23.5. The first-order valence-electron chi connectivity index (χ1n) is 4.94. The fourth-order valence-corrected chi connectivity index (χ4v) is 2.85. The summed E-state index contributed by atoms with van der Waals surface area (Å²) in [5, 5.41) is 12.6. The second-order valence-electron chi connectivity index (χ2n) is 4.29. The molecule has 70 valence electrons.